The van der Waals surface area contributed by atoms with E-state index in [0.717, 1.165) is 13.1 Å². The highest BCUT2D eigenvalue weighted by Gasteiger charge is 2.07. The minimum atomic E-state index is 1.03. The van der Waals surface area contributed by atoms with Crippen molar-refractivity contribution < 1.29 is 0 Å². The normalized spacial score (nSPS) is 14.4. The third kappa shape index (κ3) is 5.63. The summed E-state index contributed by atoms with van der Waals surface area (Å²) in [6, 6.07) is 8.68. The maximum atomic E-state index is 2.47. The van der Waals surface area contributed by atoms with E-state index in [4.69, 9.17) is 0 Å². The summed E-state index contributed by atoms with van der Waals surface area (Å²) in [4.78, 5) is 4.60. The van der Waals surface area contributed by atoms with E-state index in [1.54, 1.807) is 0 Å². The van der Waals surface area contributed by atoms with E-state index >= 15 is 0 Å². The summed E-state index contributed by atoms with van der Waals surface area (Å²) in [5.41, 5.74) is 3.80. The summed E-state index contributed by atoms with van der Waals surface area (Å²) in [5.74, 6) is 0. The average molecular weight is 310 g/mol. The molecule has 0 bridgehead atoms. The fourth-order valence-corrected chi connectivity index (χ4v) is 2.74. The molecule has 1 heterocycles. The summed E-state index contributed by atoms with van der Waals surface area (Å²) >= 11 is 0. The molecule has 1 aromatic rings. The predicted molar refractivity (Wildman–Crippen MR) is 103 cm³/mol. The van der Waals surface area contributed by atoms with Crippen molar-refractivity contribution in [3.8, 4) is 0 Å². The van der Waals surface area contributed by atoms with Crippen LogP contribution in [-0.2, 0) is 0 Å². The van der Waals surface area contributed by atoms with E-state index in [0.29, 0.717) is 0 Å². The highest BCUT2D eigenvalue weighted by molar-refractivity contribution is 5.57. The van der Waals surface area contributed by atoms with E-state index in [-0.39, 0.29) is 0 Å². The molecule has 0 saturated heterocycles. The molecule has 2 nitrogen and oxygen atoms in total. The van der Waals surface area contributed by atoms with Gasteiger partial charge in [0.25, 0.3) is 0 Å². The van der Waals surface area contributed by atoms with Gasteiger partial charge in [0.05, 0.1) is 0 Å². The largest absolute Gasteiger partial charge is 0.378 e. The fourth-order valence-electron chi connectivity index (χ4n) is 2.74. The second kappa shape index (κ2) is 9.24. The van der Waals surface area contributed by atoms with Crippen LogP contribution in [0.15, 0.2) is 54.3 Å². The zero-order chi connectivity index (χ0) is 16.5. The lowest BCUT2D eigenvalue weighted by Crippen LogP contribution is -2.25. The Bertz CT molecular complexity index is 550. The van der Waals surface area contributed by atoms with E-state index in [1.807, 2.05) is 0 Å². The van der Waals surface area contributed by atoms with Gasteiger partial charge in [-0.05, 0) is 36.3 Å². The van der Waals surface area contributed by atoms with Crippen LogP contribution in [0.5, 0.6) is 0 Å². The van der Waals surface area contributed by atoms with Gasteiger partial charge in [-0.3, -0.25) is 0 Å². The number of hydrogen-bond donors (Lipinski definition) is 0. The van der Waals surface area contributed by atoms with Crippen molar-refractivity contribution in [1.82, 2.24) is 4.90 Å². The predicted octanol–water partition coefficient (Wildman–Crippen LogP) is 5.10. The number of allylic oxidation sites excluding steroid dienone is 3. The van der Waals surface area contributed by atoms with Gasteiger partial charge in [0.15, 0.2) is 0 Å². The molecule has 0 fully saturated rings. The highest BCUT2D eigenvalue weighted by atomic mass is 15.1. The van der Waals surface area contributed by atoms with Crippen molar-refractivity contribution in [2.45, 2.75) is 32.6 Å². The molecule has 23 heavy (non-hydrogen) atoms. The first-order valence-electron chi connectivity index (χ1n) is 8.78. The SMILES string of the molecule is CCCCCCN1CC=CC=C1C=Cc1ccc(N(C)C)cc1. The molecular weight excluding hydrogens is 280 g/mol. The Kier molecular flexibility index (Phi) is 6.99. The van der Waals surface area contributed by atoms with Crippen LogP contribution in [0, 0.1) is 0 Å². The van der Waals surface area contributed by atoms with Gasteiger partial charge < -0.3 is 9.80 Å². The second-order valence-corrected chi connectivity index (χ2v) is 6.35. The average Bonchev–Trinajstić information content (AvgIpc) is 2.58. The van der Waals surface area contributed by atoms with Crippen molar-refractivity contribution in [2.24, 2.45) is 0 Å². The van der Waals surface area contributed by atoms with Gasteiger partial charge in [-0.1, -0.05) is 56.5 Å². The zero-order valence-corrected chi connectivity index (χ0v) is 14.8. The maximum Gasteiger partial charge on any atom is 0.0369 e. The second-order valence-electron chi connectivity index (χ2n) is 6.35. The van der Waals surface area contributed by atoms with E-state index in [9.17, 15) is 0 Å². The van der Waals surface area contributed by atoms with Gasteiger partial charge in [0.2, 0.25) is 0 Å². The van der Waals surface area contributed by atoms with Crippen molar-refractivity contribution in [3.05, 3.63) is 59.8 Å². The third-order valence-electron chi connectivity index (χ3n) is 4.23. The lowest BCUT2D eigenvalue weighted by molar-refractivity contribution is 0.373. The summed E-state index contributed by atoms with van der Waals surface area (Å²) < 4.78 is 0. The smallest absolute Gasteiger partial charge is 0.0369 e. The molecule has 0 aliphatic carbocycles. The molecule has 0 N–H and O–H groups in total. The van der Waals surface area contributed by atoms with Gasteiger partial charge >= 0.3 is 0 Å². The molecule has 124 valence electrons. The molecule has 1 aromatic carbocycles. The molecule has 0 amide bonds. The van der Waals surface area contributed by atoms with Crippen LogP contribution < -0.4 is 4.90 Å². The first-order chi connectivity index (χ1) is 11.2. The van der Waals surface area contributed by atoms with Crippen LogP contribution in [0.4, 0.5) is 5.69 Å². The topological polar surface area (TPSA) is 6.48 Å². The first-order valence-corrected chi connectivity index (χ1v) is 8.78. The number of hydrogen-bond acceptors (Lipinski definition) is 2. The van der Waals surface area contributed by atoms with E-state index in [2.05, 4.69) is 85.5 Å². The quantitative estimate of drug-likeness (QED) is 0.616. The maximum absolute atomic E-state index is 2.47. The summed E-state index contributed by atoms with van der Waals surface area (Å²) in [6.45, 7) is 4.45. The number of nitrogens with zero attached hydrogens (tertiary/aromatic N) is 2. The first kappa shape index (κ1) is 17.4. The molecule has 0 radical (unpaired) electrons. The van der Waals surface area contributed by atoms with Crippen LogP contribution in [-0.4, -0.2) is 32.1 Å². The number of unbranched alkanes of at least 4 members (excludes halogenated alkanes) is 3. The molecule has 2 rings (SSSR count). The summed E-state index contributed by atoms with van der Waals surface area (Å²) in [5, 5.41) is 0. The molecule has 0 atom stereocenters. The lowest BCUT2D eigenvalue weighted by Gasteiger charge is -2.26. The van der Waals surface area contributed by atoms with Gasteiger partial charge in [-0.2, -0.15) is 0 Å². The number of anilines is 1. The van der Waals surface area contributed by atoms with Crippen molar-refractivity contribution >= 4 is 11.8 Å². The van der Waals surface area contributed by atoms with E-state index < -0.39 is 0 Å². The van der Waals surface area contributed by atoms with Crippen LogP contribution >= 0.6 is 0 Å². The van der Waals surface area contributed by atoms with Crippen LogP contribution in [0.3, 0.4) is 0 Å². The van der Waals surface area contributed by atoms with Crippen LogP contribution in [0.25, 0.3) is 6.08 Å². The molecule has 2 heteroatoms. The van der Waals surface area contributed by atoms with E-state index in [1.165, 1.54) is 42.6 Å². The number of benzene rings is 1. The number of rotatable bonds is 8. The minimum Gasteiger partial charge on any atom is -0.378 e. The van der Waals surface area contributed by atoms with Crippen molar-refractivity contribution in [2.75, 3.05) is 32.1 Å². The molecular formula is C21H30N2. The van der Waals surface area contributed by atoms with Crippen LogP contribution in [0.1, 0.15) is 38.2 Å². The fraction of sp³-hybridized carbons (Fsp3) is 0.429. The highest BCUT2D eigenvalue weighted by Crippen LogP contribution is 2.17. The Hall–Kier alpha value is -1.96. The Morgan fingerprint density at radius 2 is 1.83 bits per heavy atom. The van der Waals surface area contributed by atoms with Crippen molar-refractivity contribution in [3.63, 3.8) is 0 Å². The Labute approximate surface area is 141 Å². The Balaban J connectivity index is 1.95. The third-order valence-corrected chi connectivity index (χ3v) is 4.23. The monoisotopic (exact) mass is 310 g/mol. The summed E-state index contributed by atoms with van der Waals surface area (Å²) in [7, 11) is 4.14. The van der Waals surface area contributed by atoms with Gasteiger partial charge in [0.1, 0.15) is 0 Å². The minimum absolute atomic E-state index is 1.03. The molecule has 0 saturated carbocycles. The van der Waals surface area contributed by atoms with Crippen LogP contribution in [0.2, 0.25) is 0 Å². The zero-order valence-electron chi connectivity index (χ0n) is 14.8. The molecule has 0 spiro atoms. The van der Waals surface area contributed by atoms with Gasteiger partial charge in [0, 0.05) is 38.6 Å². The standard InChI is InChI=1S/C21H30N2/c1-4-5-6-8-17-23-18-9-7-10-21(23)16-13-19-11-14-20(15-12-19)22(2)3/h7,9-16H,4-6,8,17-18H2,1-3H3. The van der Waals surface area contributed by atoms with Gasteiger partial charge in [-0.25, -0.2) is 0 Å². The lowest BCUT2D eigenvalue weighted by atomic mass is 10.1. The summed E-state index contributed by atoms with van der Waals surface area (Å²) in [6.07, 6.45) is 16.3. The van der Waals surface area contributed by atoms with Crippen molar-refractivity contribution in [1.29, 1.82) is 0 Å². The molecule has 0 unspecified atom stereocenters. The van der Waals surface area contributed by atoms with Gasteiger partial charge in [-0.15, -0.1) is 0 Å². The Morgan fingerprint density at radius 3 is 2.52 bits per heavy atom. The Morgan fingerprint density at radius 1 is 1.04 bits per heavy atom. The molecule has 0 aromatic heterocycles. The molecule has 1 aliphatic rings. The molecule has 1 aliphatic heterocycles.